The maximum atomic E-state index is 12.7. The minimum atomic E-state index is -4.36. The van der Waals surface area contributed by atoms with E-state index in [9.17, 15) is 18.0 Å². The Balaban J connectivity index is 1.58. The molecule has 5 nitrogen and oxygen atoms in total. The van der Waals surface area contributed by atoms with E-state index in [4.69, 9.17) is 10.00 Å². The van der Waals surface area contributed by atoms with E-state index in [1.165, 1.54) is 18.2 Å². The third-order valence-corrected chi connectivity index (χ3v) is 5.01. The summed E-state index contributed by atoms with van der Waals surface area (Å²) < 4.78 is 43.6. The van der Waals surface area contributed by atoms with Gasteiger partial charge in [0.2, 0.25) is 5.91 Å². The van der Waals surface area contributed by atoms with Crippen LogP contribution in [0.2, 0.25) is 0 Å². The normalized spacial score (nSPS) is 12.1. The molecule has 2 aromatic carbocycles. The number of anilines is 1. The van der Waals surface area contributed by atoms with Crippen molar-refractivity contribution < 1.29 is 22.7 Å². The first-order chi connectivity index (χ1) is 15.8. The van der Waals surface area contributed by atoms with Crippen LogP contribution in [0.1, 0.15) is 29.5 Å². The molecule has 8 heteroatoms. The van der Waals surface area contributed by atoms with Gasteiger partial charge in [-0.1, -0.05) is 24.8 Å². The number of fused-ring (bicyclic) bond motifs is 1. The minimum Gasteiger partial charge on any atom is -0.372 e. The Kier molecular flexibility index (Phi) is 7.73. The Morgan fingerprint density at radius 2 is 1.88 bits per heavy atom. The van der Waals surface area contributed by atoms with Crippen molar-refractivity contribution in [3.8, 4) is 6.07 Å². The molecule has 1 amide bonds. The number of hydrogen-bond acceptors (Lipinski definition) is 3. The van der Waals surface area contributed by atoms with Gasteiger partial charge in [-0.25, -0.2) is 0 Å². The fourth-order valence-electron chi connectivity index (χ4n) is 3.26. The van der Waals surface area contributed by atoms with Gasteiger partial charge in [0.15, 0.2) is 0 Å². The van der Waals surface area contributed by atoms with Gasteiger partial charge in [-0.3, -0.25) is 4.79 Å². The van der Waals surface area contributed by atoms with Gasteiger partial charge in [0.1, 0.15) is 0 Å². The maximum absolute atomic E-state index is 12.7. The lowest BCUT2D eigenvalue weighted by atomic mass is 10.0. The van der Waals surface area contributed by atoms with Crippen molar-refractivity contribution in [2.75, 3.05) is 5.32 Å². The number of carbonyl (C=O) groups is 1. The molecule has 0 saturated carbocycles. The number of nitrogens with zero attached hydrogens (tertiary/aromatic N) is 1. The van der Waals surface area contributed by atoms with Gasteiger partial charge in [-0.05, 0) is 47.9 Å². The molecule has 0 spiro atoms. The number of carbonyl (C=O) groups excluding carboxylic acids is 1. The molecular weight excluding hydrogens is 431 g/mol. The van der Waals surface area contributed by atoms with Gasteiger partial charge in [-0.2, -0.15) is 18.4 Å². The molecule has 1 aromatic heterocycles. The Morgan fingerprint density at radius 1 is 1.18 bits per heavy atom. The number of aromatic nitrogens is 1. The van der Waals surface area contributed by atoms with Gasteiger partial charge < -0.3 is 15.0 Å². The first-order valence-corrected chi connectivity index (χ1v) is 10.2. The summed E-state index contributed by atoms with van der Waals surface area (Å²) in [5, 5.41) is 12.7. The van der Waals surface area contributed by atoms with E-state index in [0.717, 1.165) is 28.6 Å². The van der Waals surface area contributed by atoms with E-state index in [1.807, 2.05) is 18.2 Å². The zero-order chi connectivity index (χ0) is 23.8. The summed E-state index contributed by atoms with van der Waals surface area (Å²) in [6.45, 7) is 3.87. The fourth-order valence-corrected chi connectivity index (χ4v) is 3.26. The third kappa shape index (κ3) is 6.59. The molecule has 33 heavy (non-hydrogen) atoms. The second kappa shape index (κ2) is 10.7. The molecule has 0 unspecified atom stereocenters. The van der Waals surface area contributed by atoms with Gasteiger partial charge in [-0.15, -0.1) is 5.73 Å². The fraction of sp³-hybridized carbons (Fsp3) is 0.240. The number of allylic oxidation sites excluding steroid dienone is 1. The highest BCUT2D eigenvalue weighted by Crippen LogP contribution is 2.29. The van der Waals surface area contributed by atoms with Crippen LogP contribution in [0.5, 0.6) is 0 Å². The lowest BCUT2D eigenvalue weighted by Gasteiger charge is -2.09. The average Bonchev–Trinajstić information content (AvgIpc) is 3.18. The summed E-state index contributed by atoms with van der Waals surface area (Å²) in [4.78, 5) is 15.4. The zero-order valence-electron chi connectivity index (χ0n) is 17.7. The van der Waals surface area contributed by atoms with E-state index in [-0.39, 0.29) is 25.5 Å². The predicted octanol–water partition coefficient (Wildman–Crippen LogP) is 6.10. The van der Waals surface area contributed by atoms with Crippen molar-refractivity contribution in [1.82, 2.24) is 4.98 Å². The van der Waals surface area contributed by atoms with Crippen LogP contribution in [0.3, 0.4) is 0 Å². The Morgan fingerprint density at radius 3 is 2.55 bits per heavy atom. The Labute approximate surface area is 189 Å². The van der Waals surface area contributed by atoms with Crippen molar-refractivity contribution >= 4 is 22.5 Å². The minimum absolute atomic E-state index is 0.173. The molecule has 3 aromatic rings. The van der Waals surface area contributed by atoms with Crippen molar-refractivity contribution in [3.05, 3.63) is 83.7 Å². The Bertz CT molecular complexity index is 1200. The maximum Gasteiger partial charge on any atom is 0.416 e. The summed E-state index contributed by atoms with van der Waals surface area (Å²) in [6, 6.07) is 12.6. The standard InChI is InChI=1S/C25H22F3N3O2/c1-2-3-17(13-29)7-11-24(32)31-23-14-30-22-10-6-19(12-21(22)23)16-33-15-18-4-8-20(9-5-18)25(26,27)28/h3-6,8-10,12,14,17,30H,1,7,11,15-16H2,(H,31,32)/t17-/m1/s1. The quantitative estimate of drug-likeness (QED) is 0.384. The number of ether oxygens (including phenoxy) is 1. The lowest BCUT2D eigenvalue weighted by molar-refractivity contribution is -0.137. The highest BCUT2D eigenvalue weighted by molar-refractivity contribution is 6.01. The number of rotatable bonds is 9. The number of alkyl halides is 3. The molecule has 2 N–H and O–H groups in total. The van der Waals surface area contributed by atoms with Crippen molar-refractivity contribution in [2.24, 2.45) is 5.92 Å². The molecule has 0 fully saturated rings. The molecule has 1 heterocycles. The molecule has 0 aliphatic rings. The highest BCUT2D eigenvalue weighted by atomic mass is 19.4. The van der Waals surface area contributed by atoms with Crippen molar-refractivity contribution in [2.45, 2.75) is 32.2 Å². The van der Waals surface area contributed by atoms with Crippen LogP contribution in [-0.4, -0.2) is 10.9 Å². The molecule has 0 aliphatic carbocycles. The molecule has 0 aliphatic heterocycles. The number of amides is 1. The zero-order valence-corrected chi connectivity index (χ0v) is 17.7. The van der Waals surface area contributed by atoms with Gasteiger partial charge in [0, 0.05) is 23.5 Å². The molecular formula is C25H22F3N3O2. The number of benzene rings is 2. The van der Waals surface area contributed by atoms with Crippen molar-refractivity contribution in [3.63, 3.8) is 0 Å². The second-order valence-corrected chi connectivity index (χ2v) is 7.46. The number of nitriles is 1. The van der Waals surface area contributed by atoms with E-state index >= 15 is 0 Å². The molecule has 1 atom stereocenters. The van der Waals surface area contributed by atoms with Gasteiger partial charge >= 0.3 is 6.18 Å². The number of hydrogen-bond donors (Lipinski definition) is 2. The van der Waals surface area contributed by atoms with Crippen LogP contribution in [-0.2, 0) is 28.9 Å². The summed E-state index contributed by atoms with van der Waals surface area (Å²) >= 11 is 0. The molecule has 3 rings (SSSR count). The number of nitrogens with one attached hydrogen (secondary N) is 2. The van der Waals surface area contributed by atoms with E-state index in [2.05, 4.69) is 28.7 Å². The molecule has 0 radical (unpaired) electrons. The van der Waals surface area contributed by atoms with Crippen LogP contribution in [0.15, 0.2) is 67.0 Å². The SMILES string of the molecule is C=C=C[C@@H](C#N)CCC(=O)Nc1c[nH]c2ccc(COCc3ccc(C(F)(F)F)cc3)cc12. The summed E-state index contributed by atoms with van der Waals surface area (Å²) in [5.41, 5.74) is 4.81. The van der Waals surface area contributed by atoms with E-state index < -0.39 is 17.7 Å². The summed E-state index contributed by atoms with van der Waals surface area (Å²) in [6.07, 6.45) is -0.579. The predicted molar refractivity (Wildman–Crippen MR) is 119 cm³/mol. The number of halogens is 3. The van der Waals surface area contributed by atoms with Crippen LogP contribution < -0.4 is 5.32 Å². The first kappa shape index (κ1) is 23.9. The van der Waals surface area contributed by atoms with Gasteiger partial charge in [0.25, 0.3) is 0 Å². The smallest absolute Gasteiger partial charge is 0.372 e. The van der Waals surface area contributed by atoms with E-state index in [0.29, 0.717) is 17.7 Å². The monoisotopic (exact) mass is 453 g/mol. The van der Waals surface area contributed by atoms with Crippen LogP contribution in [0, 0.1) is 17.2 Å². The van der Waals surface area contributed by atoms with Crippen molar-refractivity contribution in [1.29, 1.82) is 5.26 Å². The highest BCUT2D eigenvalue weighted by Gasteiger charge is 2.29. The topological polar surface area (TPSA) is 77.9 Å². The Hall–Kier alpha value is -3.79. The van der Waals surface area contributed by atoms with Crippen LogP contribution in [0.25, 0.3) is 10.9 Å². The number of H-pyrrole nitrogens is 1. The number of aromatic amines is 1. The molecule has 170 valence electrons. The molecule has 0 bridgehead atoms. The lowest BCUT2D eigenvalue weighted by Crippen LogP contribution is -2.12. The van der Waals surface area contributed by atoms with Gasteiger partial charge in [0.05, 0.1) is 36.5 Å². The van der Waals surface area contributed by atoms with Crippen LogP contribution in [0.4, 0.5) is 18.9 Å². The first-order valence-electron chi connectivity index (χ1n) is 10.2. The summed E-state index contributed by atoms with van der Waals surface area (Å²) in [5.74, 6) is -0.623. The average molecular weight is 453 g/mol. The molecule has 0 saturated heterocycles. The largest absolute Gasteiger partial charge is 0.416 e. The second-order valence-electron chi connectivity index (χ2n) is 7.46. The summed E-state index contributed by atoms with van der Waals surface area (Å²) in [7, 11) is 0. The third-order valence-electron chi connectivity index (χ3n) is 5.01. The van der Waals surface area contributed by atoms with Crippen LogP contribution >= 0.6 is 0 Å². The van der Waals surface area contributed by atoms with E-state index in [1.54, 1.807) is 6.20 Å².